The topological polar surface area (TPSA) is 113 Å². The number of imide groups is 1. The Hall–Kier alpha value is -4.20. The van der Waals surface area contributed by atoms with E-state index >= 15 is 0 Å². The van der Waals surface area contributed by atoms with Gasteiger partial charge in [-0.3, -0.25) is 4.79 Å². The Labute approximate surface area is 332 Å². The second kappa shape index (κ2) is 21.4. The van der Waals surface area contributed by atoms with Crippen molar-refractivity contribution in [3.8, 4) is 0 Å². The quantitative estimate of drug-likeness (QED) is 0.0946. The zero-order chi connectivity index (χ0) is 39.9. The van der Waals surface area contributed by atoms with E-state index < -0.39 is 62.7 Å². The van der Waals surface area contributed by atoms with E-state index in [-0.39, 0.29) is 39.6 Å². The highest BCUT2D eigenvalue weighted by molar-refractivity contribution is 6.76. The molecule has 6 atom stereocenters. The standard InChI is InChI=1S/C45H57NO9Si/c1-33(2)39(47)43(48)46(45(49)51-26-27-56(3,4)5)44-42(54-31-37-24-16-9-17-25-37)41(53-30-36-22-14-8-15-23-36)40(52-29-35-20-12-7-13-21-35)38(55-44)32-50-28-34-18-10-6-11-19-34/h6-25,33,38-42,44,47H,26-32H2,1-5H3/t38-,39-,40-,41+,42-,44-/m1/s1. The Bertz CT molecular complexity index is 1740. The molecule has 4 aromatic carbocycles. The van der Waals surface area contributed by atoms with E-state index in [1.807, 2.05) is 121 Å². The van der Waals surface area contributed by atoms with E-state index in [4.69, 9.17) is 28.4 Å². The van der Waals surface area contributed by atoms with Crippen LogP contribution in [0.15, 0.2) is 121 Å². The van der Waals surface area contributed by atoms with Gasteiger partial charge in [0.2, 0.25) is 0 Å². The van der Waals surface area contributed by atoms with Crippen molar-refractivity contribution in [2.75, 3.05) is 13.2 Å². The number of nitrogens with zero attached hydrogens (tertiary/aromatic N) is 1. The molecule has 1 heterocycles. The fourth-order valence-electron chi connectivity index (χ4n) is 6.23. The molecule has 0 radical (unpaired) electrons. The number of amides is 2. The van der Waals surface area contributed by atoms with Gasteiger partial charge in [0.05, 0.1) is 39.6 Å². The molecular formula is C45H57NO9Si. The Kier molecular flexibility index (Phi) is 16.4. The summed E-state index contributed by atoms with van der Waals surface area (Å²) >= 11 is 0. The molecule has 1 fully saturated rings. The molecule has 0 aliphatic carbocycles. The van der Waals surface area contributed by atoms with E-state index in [0.717, 1.165) is 27.2 Å². The molecule has 2 amide bonds. The monoisotopic (exact) mass is 783 g/mol. The summed E-state index contributed by atoms with van der Waals surface area (Å²) < 4.78 is 39.2. The Morgan fingerprint density at radius 3 is 1.54 bits per heavy atom. The smallest absolute Gasteiger partial charge is 0.418 e. The van der Waals surface area contributed by atoms with Gasteiger partial charge in [0, 0.05) is 8.07 Å². The SMILES string of the molecule is CC(C)[C@@H](O)C(=O)N(C(=O)OCC[Si](C)(C)C)[C@@H]1O[C@H](COCc2ccccc2)[C@@H](OCc2ccccc2)[C@H](OCc2ccccc2)[C@H]1OCc1ccccc1. The van der Waals surface area contributed by atoms with Crippen molar-refractivity contribution in [2.45, 2.75) is 103 Å². The maximum absolute atomic E-state index is 14.3. The lowest BCUT2D eigenvalue weighted by atomic mass is 9.95. The molecule has 5 rings (SSSR count). The van der Waals surface area contributed by atoms with E-state index in [0.29, 0.717) is 6.04 Å². The van der Waals surface area contributed by atoms with E-state index in [9.17, 15) is 14.7 Å². The van der Waals surface area contributed by atoms with Crippen LogP contribution in [0.25, 0.3) is 0 Å². The zero-order valence-corrected chi connectivity index (χ0v) is 34.2. The van der Waals surface area contributed by atoms with Crippen molar-refractivity contribution < 1.29 is 43.1 Å². The number of benzene rings is 4. The van der Waals surface area contributed by atoms with Crippen LogP contribution >= 0.6 is 0 Å². The lowest BCUT2D eigenvalue weighted by Crippen LogP contribution is -2.67. The molecule has 0 saturated carbocycles. The minimum absolute atomic E-state index is 0.0287. The first-order chi connectivity index (χ1) is 27.0. The number of hydrogen-bond acceptors (Lipinski definition) is 9. The third-order valence-corrected chi connectivity index (χ3v) is 11.2. The predicted octanol–water partition coefficient (Wildman–Crippen LogP) is 8.00. The third-order valence-electron chi connectivity index (χ3n) is 9.51. The zero-order valence-electron chi connectivity index (χ0n) is 33.2. The summed E-state index contributed by atoms with van der Waals surface area (Å²) in [7, 11) is -1.62. The molecular weight excluding hydrogens is 727 g/mol. The van der Waals surface area contributed by atoms with E-state index in [2.05, 4.69) is 19.6 Å². The van der Waals surface area contributed by atoms with Crippen LogP contribution in [-0.2, 0) is 59.6 Å². The molecule has 0 spiro atoms. The lowest BCUT2D eigenvalue weighted by molar-refractivity contribution is -0.293. The summed E-state index contributed by atoms with van der Waals surface area (Å²) in [4.78, 5) is 29.5. The number of rotatable bonds is 19. The summed E-state index contributed by atoms with van der Waals surface area (Å²) in [5.74, 6) is -1.37. The highest BCUT2D eigenvalue weighted by atomic mass is 28.3. The van der Waals surface area contributed by atoms with Gasteiger partial charge in [-0.25, -0.2) is 9.69 Å². The molecule has 300 valence electrons. The van der Waals surface area contributed by atoms with Crippen LogP contribution in [0.1, 0.15) is 36.1 Å². The third kappa shape index (κ3) is 12.9. The van der Waals surface area contributed by atoms with Crippen LogP contribution < -0.4 is 0 Å². The molecule has 10 nitrogen and oxygen atoms in total. The van der Waals surface area contributed by atoms with Gasteiger partial charge in [0.1, 0.15) is 30.5 Å². The second-order valence-corrected chi connectivity index (χ2v) is 21.3. The average Bonchev–Trinajstić information content (AvgIpc) is 3.20. The molecule has 0 aromatic heterocycles. The fourth-order valence-corrected chi connectivity index (χ4v) is 6.95. The van der Waals surface area contributed by atoms with Crippen molar-refractivity contribution in [1.29, 1.82) is 0 Å². The molecule has 4 aromatic rings. The lowest BCUT2D eigenvalue weighted by Gasteiger charge is -2.48. The summed E-state index contributed by atoms with van der Waals surface area (Å²) in [6, 6.07) is 39.5. The largest absolute Gasteiger partial charge is 0.449 e. The summed E-state index contributed by atoms with van der Waals surface area (Å²) in [5, 5.41) is 11.2. The van der Waals surface area contributed by atoms with E-state index in [1.165, 1.54) is 0 Å². The van der Waals surface area contributed by atoms with Gasteiger partial charge in [-0.2, -0.15) is 0 Å². The Morgan fingerprint density at radius 2 is 1.09 bits per heavy atom. The number of aliphatic hydroxyl groups is 1. The maximum atomic E-state index is 14.3. The van der Waals surface area contributed by atoms with Crippen LogP contribution in [-0.4, -0.2) is 80.0 Å². The molecule has 11 heteroatoms. The molecule has 1 aliphatic rings. The van der Waals surface area contributed by atoms with Crippen molar-refractivity contribution in [3.63, 3.8) is 0 Å². The Morgan fingerprint density at radius 1 is 0.661 bits per heavy atom. The second-order valence-electron chi connectivity index (χ2n) is 15.7. The van der Waals surface area contributed by atoms with Gasteiger partial charge in [-0.05, 0) is 34.2 Å². The Balaban J connectivity index is 1.58. The number of ether oxygens (including phenoxy) is 6. The minimum Gasteiger partial charge on any atom is -0.449 e. The normalized spacial score (nSPS) is 20.4. The molecule has 1 aliphatic heterocycles. The van der Waals surface area contributed by atoms with Crippen LogP contribution in [0.4, 0.5) is 4.79 Å². The van der Waals surface area contributed by atoms with Crippen LogP contribution in [0.3, 0.4) is 0 Å². The van der Waals surface area contributed by atoms with Gasteiger partial charge in [-0.1, -0.05) is 155 Å². The van der Waals surface area contributed by atoms with Crippen LogP contribution in [0.5, 0.6) is 0 Å². The summed E-state index contributed by atoms with van der Waals surface area (Å²) in [6.07, 6.45) is -7.47. The molecule has 1 N–H and O–H groups in total. The first-order valence-electron chi connectivity index (χ1n) is 19.4. The highest BCUT2D eigenvalue weighted by Gasteiger charge is 2.54. The van der Waals surface area contributed by atoms with Gasteiger partial charge >= 0.3 is 6.09 Å². The molecule has 0 unspecified atom stereocenters. The maximum Gasteiger partial charge on any atom is 0.418 e. The molecule has 1 saturated heterocycles. The summed E-state index contributed by atoms with van der Waals surface area (Å²) in [5.41, 5.74) is 3.67. The van der Waals surface area contributed by atoms with Gasteiger partial charge < -0.3 is 33.5 Å². The first-order valence-corrected chi connectivity index (χ1v) is 23.1. The van der Waals surface area contributed by atoms with E-state index in [1.54, 1.807) is 13.8 Å². The highest BCUT2D eigenvalue weighted by Crippen LogP contribution is 2.34. The molecule has 0 bridgehead atoms. The van der Waals surface area contributed by atoms with Crippen molar-refractivity contribution in [3.05, 3.63) is 144 Å². The van der Waals surface area contributed by atoms with Crippen LogP contribution in [0, 0.1) is 5.92 Å². The van der Waals surface area contributed by atoms with Gasteiger partial charge in [-0.15, -0.1) is 0 Å². The van der Waals surface area contributed by atoms with Crippen LogP contribution in [0.2, 0.25) is 25.7 Å². The number of hydrogen-bond donors (Lipinski definition) is 1. The average molecular weight is 784 g/mol. The molecule has 56 heavy (non-hydrogen) atoms. The first kappa shape index (κ1) is 42.9. The van der Waals surface area contributed by atoms with Crippen molar-refractivity contribution >= 4 is 20.1 Å². The number of carbonyl (C=O) groups is 2. The number of aliphatic hydroxyl groups excluding tert-OH is 1. The van der Waals surface area contributed by atoms with Crippen molar-refractivity contribution in [2.24, 2.45) is 5.92 Å². The number of carbonyl (C=O) groups excluding carboxylic acids is 2. The van der Waals surface area contributed by atoms with Gasteiger partial charge in [0.15, 0.2) is 6.23 Å². The fraction of sp³-hybridized carbons (Fsp3) is 0.422. The summed E-state index contributed by atoms with van der Waals surface area (Å²) in [6.45, 7) is 10.9. The minimum atomic E-state index is -1.62. The van der Waals surface area contributed by atoms with Crippen molar-refractivity contribution in [1.82, 2.24) is 4.90 Å². The van der Waals surface area contributed by atoms with Gasteiger partial charge in [0.25, 0.3) is 5.91 Å². The predicted molar refractivity (Wildman–Crippen MR) is 217 cm³/mol.